The summed E-state index contributed by atoms with van der Waals surface area (Å²) in [6.45, 7) is 4.16. The molecule has 0 radical (unpaired) electrons. The molecule has 0 saturated heterocycles. The highest BCUT2D eigenvalue weighted by atomic mass is 16.4. The summed E-state index contributed by atoms with van der Waals surface area (Å²) in [5.74, 6) is -8.89. The van der Waals surface area contributed by atoms with Crippen molar-refractivity contribution in [1.82, 2.24) is 21.3 Å². The van der Waals surface area contributed by atoms with Crippen molar-refractivity contribution >= 4 is 47.3 Å². The molecule has 0 heterocycles. The fourth-order valence-corrected chi connectivity index (χ4v) is 3.99. The van der Waals surface area contributed by atoms with Crippen molar-refractivity contribution in [2.45, 2.75) is 83.5 Å². The lowest BCUT2D eigenvalue weighted by atomic mass is 9.98. The van der Waals surface area contributed by atoms with Crippen molar-refractivity contribution in [3.63, 3.8) is 0 Å². The van der Waals surface area contributed by atoms with Gasteiger partial charge in [-0.05, 0) is 24.3 Å². The number of ketones is 1. The van der Waals surface area contributed by atoms with Gasteiger partial charge >= 0.3 is 17.9 Å². The van der Waals surface area contributed by atoms with Crippen LogP contribution in [0.25, 0.3) is 0 Å². The van der Waals surface area contributed by atoms with Crippen molar-refractivity contribution in [3.05, 3.63) is 35.9 Å². The normalized spacial score (nSPS) is 13.5. The van der Waals surface area contributed by atoms with E-state index in [4.69, 9.17) is 10.2 Å². The van der Waals surface area contributed by atoms with Crippen LogP contribution < -0.4 is 21.3 Å². The minimum atomic E-state index is -1.57. The molecule has 0 aliphatic rings. The molecule has 0 saturated carbocycles. The second kappa shape index (κ2) is 17.9. The van der Waals surface area contributed by atoms with E-state index in [1.54, 1.807) is 44.2 Å². The van der Waals surface area contributed by atoms with E-state index in [-0.39, 0.29) is 6.42 Å². The fourth-order valence-electron chi connectivity index (χ4n) is 3.99. The van der Waals surface area contributed by atoms with E-state index >= 15 is 0 Å². The first-order valence-electron chi connectivity index (χ1n) is 13.5. The van der Waals surface area contributed by atoms with Crippen LogP contribution >= 0.6 is 0 Å². The standard InChI is InChI=1S/C28H38N4O11/c1-15(2)25(28(43)31-19(13-23(37)38)21(34)11-9-17-7-5-4-6-8-17)32-26(41)18(10-12-22(35)36)30-27(42)20(14-24(39)40)29-16(3)33/h4-8,15,18-20,25H,9-14H2,1-3H3,(H,29,33)(H,30,42)(H,31,43)(H,32,41)(H,35,36)(H,37,38)(H,39,40). The van der Waals surface area contributed by atoms with Gasteiger partial charge in [-0.1, -0.05) is 44.2 Å². The maximum absolute atomic E-state index is 13.2. The van der Waals surface area contributed by atoms with Crippen molar-refractivity contribution in [2.75, 3.05) is 0 Å². The summed E-state index contributed by atoms with van der Waals surface area (Å²) in [5.41, 5.74) is 0.835. The number of hydrogen-bond acceptors (Lipinski definition) is 8. The summed E-state index contributed by atoms with van der Waals surface area (Å²) in [6.07, 6.45) is -2.31. The molecule has 0 spiro atoms. The van der Waals surface area contributed by atoms with E-state index < -0.39 is 103 Å². The molecule has 4 unspecified atom stereocenters. The molecule has 236 valence electrons. The van der Waals surface area contributed by atoms with Gasteiger partial charge in [-0.3, -0.25) is 38.4 Å². The van der Waals surface area contributed by atoms with Gasteiger partial charge in [-0.2, -0.15) is 0 Å². The Balaban J connectivity index is 3.09. The molecule has 0 fully saturated rings. The Labute approximate surface area is 247 Å². The van der Waals surface area contributed by atoms with Crippen LogP contribution in [0.1, 0.15) is 58.4 Å². The number of carboxylic acid groups (broad SMARTS) is 3. The third-order valence-electron chi connectivity index (χ3n) is 6.19. The lowest BCUT2D eigenvalue weighted by molar-refractivity contribution is -0.142. The minimum Gasteiger partial charge on any atom is -0.481 e. The molecule has 1 aromatic rings. The van der Waals surface area contributed by atoms with Crippen LogP contribution in [0, 0.1) is 5.92 Å². The Morgan fingerprint density at radius 2 is 1.19 bits per heavy atom. The molecule has 0 bridgehead atoms. The average molecular weight is 607 g/mol. The van der Waals surface area contributed by atoms with Crippen LogP contribution in [-0.2, 0) is 44.8 Å². The zero-order valence-electron chi connectivity index (χ0n) is 24.1. The van der Waals surface area contributed by atoms with Crippen LogP contribution in [0.5, 0.6) is 0 Å². The summed E-state index contributed by atoms with van der Waals surface area (Å²) in [7, 11) is 0. The number of rotatable bonds is 19. The number of Topliss-reactive ketones (excluding diaryl/α,β-unsaturated/α-hetero) is 1. The first-order valence-corrected chi connectivity index (χ1v) is 13.5. The van der Waals surface area contributed by atoms with E-state index in [2.05, 4.69) is 21.3 Å². The molecular weight excluding hydrogens is 568 g/mol. The SMILES string of the molecule is CC(=O)NC(CC(=O)O)C(=O)NC(CCC(=O)O)C(=O)NC(C(=O)NC(CC(=O)O)C(=O)CCc1ccccc1)C(C)C. The summed E-state index contributed by atoms with van der Waals surface area (Å²) in [4.78, 5) is 97.1. The Morgan fingerprint density at radius 3 is 1.70 bits per heavy atom. The Kier molecular flexibility index (Phi) is 15.1. The Hall–Kier alpha value is -4.82. The second-order valence-corrected chi connectivity index (χ2v) is 10.2. The predicted octanol–water partition coefficient (Wildman–Crippen LogP) is -0.382. The summed E-state index contributed by atoms with van der Waals surface area (Å²) >= 11 is 0. The van der Waals surface area contributed by atoms with Gasteiger partial charge in [0, 0.05) is 19.8 Å². The van der Waals surface area contributed by atoms with Gasteiger partial charge in [-0.25, -0.2) is 0 Å². The van der Waals surface area contributed by atoms with Gasteiger partial charge in [0.15, 0.2) is 5.78 Å². The molecule has 43 heavy (non-hydrogen) atoms. The van der Waals surface area contributed by atoms with Gasteiger partial charge in [-0.15, -0.1) is 0 Å². The lowest BCUT2D eigenvalue weighted by Gasteiger charge is -2.27. The highest BCUT2D eigenvalue weighted by Crippen LogP contribution is 2.10. The molecule has 15 heteroatoms. The zero-order chi connectivity index (χ0) is 32.7. The van der Waals surface area contributed by atoms with Crippen molar-refractivity contribution in [1.29, 1.82) is 0 Å². The van der Waals surface area contributed by atoms with E-state index in [0.29, 0.717) is 6.42 Å². The maximum atomic E-state index is 13.2. The summed E-state index contributed by atoms with van der Waals surface area (Å²) in [5, 5.41) is 36.6. The van der Waals surface area contributed by atoms with Crippen LogP contribution in [-0.4, -0.2) is 86.8 Å². The number of benzene rings is 1. The number of amides is 4. The van der Waals surface area contributed by atoms with Crippen molar-refractivity contribution in [3.8, 4) is 0 Å². The molecular formula is C28H38N4O11. The topological polar surface area (TPSA) is 245 Å². The molecule has 0 aliphatic carbocycles. The van der Waals surface area contributed by atoms with Crippen LogP contribution in [0.4, 0.5) is 0 Å². The number of carboxylic acids is 3. The first-order chi connectivity index (χ1) is 20.1. The van der Waals surface area contributed by atoms with E-state index in [1.807, 2.05) is 0 Å². The number of aryl methyl sites for hydroxylation is 1. The van der Waals surface area contributed by atoms with Crippen LogP contribution in [0.2, 0.25) is 0 Å². The second-order valence-electron chi connectivity index (χ2n) is 10.2. The largest absolute Gasteiger partial charge is 0.481 e. The third kappa shape index (κ3) is 14.1. The van der Waals surface area contributed by atoms with Crippen LogP contribution in [0.3, 0.4) is 0 Å². The number of nitrogens with one attached hydrogen (secondary N) is 4. The predicted molar refractivity (Wildman–Crippen MR) is 149 cm³/mol. The monoisotopic (exact) mass is 606 g/mol. The van der Waals surface area contributed by atoms with Gasteiger partial charge in [0.05, 0.1) is 18.9 Å². The van der Waals surface area contributed by atoms with Gasteiger partial charge in [0.2, 0.25) is 23.6 Å². The number of aliphatic carboxylic acids is 3. The Morgan fingerprint density at radius 1 is 0.651 bits per heavy atom. The molecule has 1 rings (SSSR count). The first kappa shape index (κ1) is 36.2. The van der Waals surface area contributed by atoms with Crippen molar-refractivity contribution < 1.29 is 53.7 Å². The third-order valence-corrected chi connectivity index (χ3v) is 6.19. The zero-order valence-corrected chi connectivity index (χ0v) is 24.1. The quantitative estimate of drug-likeness (QED) is 0.107. The summed E-state index contributed by atoms with van der Waals surface area (Å²) in [6, 6.07) is 3.10. The minimum absolute atomic E-state index is 0.0595. The smallest absolute Gasteiger partial charge is 0.305 e. The van der Waals surface area contributed by atoms with Gasteiger partial charge in [0.1, 0.15) is 18.1 Å². The molecule has 4 atom stereocenters. The highest BCUT2D eigenvalue weighted by molar-refractivity contribution is 5.97. The molecule has 4 amide bonds. The van der Waals surface area contributed by atoms with E-state index in [9.17, 15) is 43.5 Å². The van der Waals surface area contributed by atoms with E-state index in [1.165, 1.54) is 0 Å². The van der Waals surface area contributed by atoms with Gasteiger partial charge < -0.3 is 36.6 Å². The van der Waals surface area contributed by atoms with Crippen molar-refractivity contribution in [2.24, 2.45) is 5.92 Å². The number of carbonyl (C=O) groups is 8. The average Bonchev–Trinajstić information content (AvgIpc) is 2.91. The van der Waals surface area contributed by atoms with E-state index in [0.717, 1.165) is 12.5 Å². The molecule has 15 nitrogen and oxygen atoms in total. The molecule has 1 aromatic carbocycles. The lowest BCUT2D eigenvalue weighted by Crippen LogP contribution is -2.59. The molecule has 0 aromatic heterocycles. The molecule has 0 aliphatic heterocycles. The maximum Gasteiger partial charge on any atom is 0.305 e. The Bertz CT molecular complexity index is 1170. The molecule has 7 N–H and O–H groups in total. The van der Waals surface area contributed by atoms with Gasteiger partial charge in [0.25, 0.3) is 0 Å². The fraction of sp³-hybridized carbons (Fsp3) is 0.500. The van der Waals surface area contributed by atoms with Crippen LogP contribution in [0.15, 0.2) is 30.3 Å². The number of carbonyl (C=O) groups excluding carboxylic acids is 5. The highest BCUT2D eigenvalue weighted by Gasteiger charge is 2.33. The number of hydrogen-bond donors (Lipinski definition) is 7. The summed E-state index contributed by atoms with van der Waals surface area (Å²) < 4.78 is 0.